The molecule has 2 atom stereocenters. The minimum absolute atomic E-state index is 0.107. The second-order valence-electron chi connectivity index (χ2n) is 4.93. The highest BCUT2D eigenvalue weighted by Gasteiger charge is 2.45. The Hall–Kier alpha value is -2.30. The van der Waals surface area contributed by atoms with Gasteiger partial charge in [-0.05, 0) is 30.7 Å². The molecular formula is C16H19NO4. The molecule has 1 fully saturated rings. The number of carbonyl (C=O) groups is 2. The van der Waals surface area contributed by atoms with Crippen LogP contribution in [0.1, 0.15) is 6.42 Å². The minimum Gasteiger partial charge on any atom is -0.497 e. The Morgan fingerprint density at radius 1 is 1.38 bits per heavy atom. The van der Waals surface area contributed by atoms with Crippen LogP contribution in [0.25, 0.3) is 0 Å². The summed E-state index contributed by atoms with van der Waals surface area (Å²) in [6.45, 7) is 4.17. The first kappa shape index (κ1) is 15.1. The SMILES string of the molecule is C=CC[C@H]1CN(c2ccc(OC)cc2)C(=O)[C@@H]1C(=O)OC. The van der Waals surface area contributed by atoms with Crippen LogP contribution in [0.3, 0.4) is 0 Å². The van der Waals surface area contributed by atoms with Crippen LogP contribution in [0.5, 0.6) is 5.75 Å². The van der Waals surface area contributed by atoms with E-state index in [2.05, 4.69) is 6.58 Å². The number of esters is 1. The minimum atomic E-state index is -0.755. The number of methoxy groups -OCH3 is 2. The average Bonchev–Trinajstić information content (AvgIpc) is 2.83. The highest BCUT2D eigenvalue weighted by Crippen LogP contribution is 2.33. The summed E-state index contributed by atoms with van der Waals surface area (Å²) in [4.78, 5) is 26.0. The van der Waals surface area contributed by atoms with E-state index < -0.39 is 11.9 Å². The van der Waals surface area contributed by atoms with Gasteiger partial charge >= 0.3 is 5.97 Å². The van der Waals surface area contributed by atoms with Gasteiger partial charge in [0.2, 0.25) is 5.91 Å². The maximum absolute atomic E-state index is 12.5. The second kappa shape index (κ2) is 6.43. The number of benzene rings is 1. The van der Waals surface area contributed by atoms with Gasteiger partial charge in [-0.3, -0.25) is 9.59 Å². The molecule has 1 aliphatic heterocycles. The number of hydrogen-bond donors (Lipinski definition) is 0. The van der Waals surface area contributed by atoms with Crippen molar-refractivity contribution in [3.8, 4) is 5.75 Å². The molecule has 0 aliphatic carbocycles. The molecule has 112 valence electrons. The number of carbonyl (C=O) groups excluding carboxylic acids is 2. The standard InChI is InChI=1S/C16H19NO4/c1-4-5-11-10-17(15(18)14(11)16(19)21-3)12-6-8-13(20-2)9-7-12/h4,6-9,11,14H,1,5,10H2,2-3H3/t11-,14+/m0/s1. The van der Waals surface area contributed by atoms with Gasteiger partial charge in [-0.1, -0.05) is 6.08 Å². The van der Waals surface area contributed by atoms with E-state index in [0.29, 0.717) is 13.0 Å². The van der Waals surface area contributed by atoms with Crippen LogP contribution in [-0.4, -0.2) is 32.6 Å². The van der Waals surface area contributed by atoms with E-state index in [1.54, 1.807) is 42.4 Å². The van der Waals surface area contributed by atoms with Gasteiger partial charge in [-0.25, -0.2) is 0 Å². The van der Waals surface area contributed by atoms with Crippen LogP contribution < -0.4 is 9.64 Å². The van der Waals surface area contributed by atoms with Crippen molar-refractivity contribution < 1.29 is 19.1 Å². The van der Waals surface area contributed by atoms with E-state index in [9.17, 15) is 9.59 Å². The van der Waals surface area contributed by atoms with E-state index in [1.807, 2.05) is 0 Å². The molecule has 2 rings (SSSR count). The molecule has 5 nitrogen and oxygen atoms in total. The molecule has 1 aromatic carbocycles. The largest absolute Gasteiger partial charge is 0.497 e. The smallest absolute Gasteiger partial charge is 0.318 e. The Balaban J connectivity index is 2.26. The van der Waals surface area contributed by atoms with Crippen molar-refractivity contribution in [2.24, 2.45) is 11.8 Å². The molecule has 0 spiro atoms. The first-order chi connectivity index (χ1) is 10.1. The molecule has 1 amide bonds. The van der Waals surface area contributed by atoms with Gasteiger partial charge in [0.1, 0.15) is 11.7 Å². The Bertz CT molecular complexity index is 538. The zero-order valence-electron chi connectivity index (χ0n) is 12.2. The number of hydrogen-bond acceptors (Lipinski definition) is 4. The highest BCUT2D eigenvalue weighted by atomic mass is 16.5. The Morgan fingerprint density at radius 3 is 2.57 bits per heavy atom. The van der Waals surface area contributed by atoms with Crippen LogP contribution >= 0.6 is 0 Å². The van der Waals surface area contributed by atoms with E-state index in [-0.39, 0.29) is 11.8 Å². The summed E-state index contributed by atoms with van der Waals surface area (Å²) in [6, 6.07) is 7.19. The molecule has 21 heavy (non-hydrogen) atoms. The number of amides is 1. The van der Waals surface area contributed by atoms with Gasteiger partial charge in [0.05, 0.1) is 14.2 Å². The third-order valence-corrected chi connectivity index (χ3v) is 3.73. The first-order valence-electron chi connectivity index (χ1n) is 6.76. The van der Waals surface area contributed by atoms with Gasteiger partial charge in [-0.2, -0.15) is 0 Å². The lowest BCUT2D eigenvalue weighted by Crippen LogP contribution is -2.31. The molecule has 0 bridgehead atoms. The summed E-state index contributed by atoms with van der Waals surface area (Å²) in [7, 11) is 2.89. The Morgan fingerprint density at radius 2 is 2.05 bits per heavy atom. The number of nitrogens with zero attached hydrogens (tertiary/aromatic N) is 1. The predicted molar refractivity (Wildman–Crippen MR) is 79.2 cm³/mol. The second-order valence-corrected chi connectivity index (χ2v) is 4.93. The summed E-state index contributed by atoms with van der Waals surface area (Å²) in [5.41, 5.74) is 0.751. The third-order valence-electron chi connectivity index (χ3n) is 3.73. The molecule has 0 unspecified atom stereocenters. The number of rotatable bonds is 5. The Labute approximate surface area is 124 Å². The zero-order chi connectivity index (χ0) is 15.4. The molecule has 1 aromatic rings. The molecule has 1 saturated heterocycles. The van der Waals surface area contributed by atoms with Gasteiger partial charge in [-0.15, -0.1) is 6.58 Å². The van der Waals surface area contributed by atoms with Crippen LogP contribution in [0.15, 0.2) is 36.9 Å². The fraction of sp³-hybridized carbons (Fsp3) is 0.375. The average molecular weight is 289 g/mol. The van der Waals surface area contributed by atoms with Gasteiger partial charge < -0.3 is 14.4 Å². The molecule has 0 N–H and O–H groups in total. The third kappa shape index (κ3) is 2.91. The summed E-state index contributed by atoms with van der Waals surface area (Å²) < 4.78 is 9.87. The number of ether oxygens (including phenoxy) is 2. The van der Waals surface area contributed by atoms with Gasteiger partial charge in [0, 0.05) is 18.2 Å². The van der Waals surface area contributed by atoms with Crippen molar-refractivity contribution in [1.29, 1.82) is 0 Å². The van der Waals surface area contributed by atoms with Gasteiger partial charge in [0.15, 0.2) is 0 Å². The van der Waals surface area contributed by atoms with Crippen LogP contribution in [0.4, 0.5) is 5.69 Å². The van der Waals surface area contributed by atoms with Crippen molar-refractivity contribution >= 4 is 17.6 Å². The molecule has 0 radical (unpaired) electrons. The topological polar surface area (TPSA) is 55.8 Å². The number of anilines is 1. The van der Waals surface area contributed by atoms with Crippen molar-refractivity contribution in [1.82, 2.24) is 0 Å². The zero-order valence-corrected chi connectivity index (χ0v) is 12.2. The molecule has 1 aliphatic rings. The van der Waals surface area contributed by atoms with E-state index >= 15 is 0 Å². The quantitative estimate of drug-likeness (QED) is 0.473. The van der Waals surface area contributed by atoms with Crippen LogP contribution in [0, 0.1) is 11.8 Å². The summed E-state index contributed by atoms with van der Waals surface area (Å²) in [5, 5.41) is 0. The first-order valence-corrected chi connectivity index (χ1v) is 6.76. The lowest BCUT2D eigenvalue weighted by molar-refractivity contribution is -0.149. The lowest BCUT2D eigenvalue weighted by Gasteiger charge is -2.16. The summed E-state index contributed by atoms with van der Waals surface area (Å²) >= 11 is 0. The van der Waals surface area contributed by atoms with Crippen molar-refractivity contribution in [3.05, 3.63) is 36.9 Å². The molecule has 0 saturated carbocycles. The van der Waals surface area contributed by atoms with Crippen molar-refractivity contribution in [2.75, 3.05) is 25.7 Å². The maximum atomic E-state index is 12.5. The fourth-order valence-corrected chi connectivity index (χ4v) is 2.64. The normalized spacial score (nSPS) is 21.2. The van der Waals surface area contributed by atoms with Crippen molar-refractivity contribution in [3.63, 3.8) is 0 Å². The van der Waals surface area contributed by atoms with Gasteiger partial charge in [0.25, 0.3) is 0 Å². The molecule has 0 aromatic heterocycles. The molecular weight excluding hydrogens is 270 g/mol. The lowest BCUT2D eigenvalue weighted by atomic mass is 9.93. The molecule has 5 heteroatoms. The Kier molecular flexibility index (Phi) is 4.62. The molecule has 1 heterocycles. The summed E-state index contributed by atoms with van der Waals surface area (Å²) in [5.74, 6) is -0.848. The monoisotopic (exact) mass is 289 g/mol. The summed E-state index contributed by atoms with van der Waals surface area (Å²) in [6.07, 6.45) is 2.32. The highest BCUT2D eigenvalue weighted by molar-refractivity contribution is 6.08. The van der Waals surface area contributed by atoms with Crippen LogP contribution in [0.2, 0.25) is 0 Å². The predicted octanol–water partition coefficient (Wildman–Crippen LogP) is 2.02. The van der Waals surface area contributed by atoms with Crippen LogP contribution in [-0.2, 0) is 14.3 Å². The fourth-order valence-electron chi connectivity index (χ4n) is 2.64. The van der Waals surface area contributed by atoms with E-state index in [1.165, 1.54) is 7.11 Å². The number of allylic oxidation sites excluding steroid dienone is 1. The van der Waals surface area contributed by atoms with E-state index in [4.69, 9.17) is 9.47 Å². The van der Waals surface area contributed by atoms with Crippen molar-refractivity contribution in [2.45, 2.75) is 6.42 Å². The maximum Gasteiger partial charge on any atom is 0.318 e. The van der Waals surface area contributed by atoms with E-state index in [0.717, 1.165) is 11.4 Å².